The highest BCUT2D eigenvalue weighted by Gasteiger charge is 2.00. The minimum Gasteiger partial charge on any atom is -0.399 e. The van der Waals surface area contributed by atoms with Gasteiger partial charge < -0.3 is 10.6 Å². The Hall–Kier alpha value is -1.87. The van der Waals surface area contributed by atoms with Gasteiger partial charge in [-0.3, -0.25) is 4.98 Å². The Morgan fingerprint density at radius 2 is 1.82 bits per heavy atom. The highest BCUT2D eigenvalue weighted by molar-refractivity contribution is 5.63. The molecule has 2 N–H and O–H groups in total. The van der Waals surface area contributed by atoms with Crippen LogP contribution in [0.4, 0.5) is 5.69 Å². The molecule has 0 atom stereocenters. The minimum absolute atomic E-state index is 0.743. The molecule has 88 valence electrons. The van der Waals surface area contributed by atoms with Crippen LogP contribution in [-0.2, 0) is 6.54 Å². The van der Waals surface area contributed by atoms with Crippen LogP contribution in [-0.4, -0.2) is 24.0 Å². The molecule has 3 nitrogen and oxygen atoms in total. The normalized spacial score (nSPS) is 10.8. The fourth-order valence-electron chi connectivity index (χ4n) is 1.75. The first-order valence-electron chi connectivity index (χ1n) is 5.61. The molecule has 2 rings (SSSR count). The van der Waals surface area contributed by atoms with Gasteiger partial charge in [0.1, 0.15) is 0 Å². The van der Waals surface area contributed by atoms with E-state index in [1.807, 2.05) is 6.07 Å². The van der Waals surface area contributed by atoms with E-state index in [1.165, 1.54) is 5.56 Å². The van der Waals surface area contributed by atoms with Crippen molar-refractivity contribution in [1.82, 2.24) is 9.88 Å². The van der Waals surface area contributed by atoms with E-state index in [9.17, 15) is 0 Å². The lowest BCUT2D eigenvalue weighted by molar-refractivity contribution is 0.402. The van der Waals surface area contributed by atoms with E-state index in [0.717, 1.165) is 23.5 Å². The van der Waals surface area contributed by atoms with Crippen molar-refractivity contribution >= 4 is 5.69 Å². The van der Waals surface area contributed by atoms with E-state index >= 15 is 0 Å². The van der Waals surface area contributed by atoms with Crippen molar-refractivity contribution in [2.75, 3.05) is 19.8 Å². The maximum absolute atomic E-state index is 5.75. The molecule has 1 heterocycles. The molecular formula is C14H17N3. The Labute approximate surface area is 102 Å². The maximum atomic E-state index is 5.75. The van der Waals surface area contributed by atoms with Crippen molar-refractivity contribution in [3.8, 4) is 11.3 Å². The van der Waals surface area contributed by atoms with Crippen LogP contribution in [0.25, 0.3) is 11.3 Å². The average Bonchev–Trinajstić information content (AvgIpc) is 2.29. The predicted molar refractivity (Wildman–Crippen MR) is 71.5 cm³/mol. The Kier molecular flexibility index (Phi) is 3.40. The summed E-state index contributed by atoms with van der Waals surface area (Å²) < 4.78 is 0. The first-order valence-corrected chi connectivity index (χ1v) is 5.61. The third kappa shape index (κ3) is 3.04. The number of nitrogens with two attached hydrogens (primary N) is 1. The molecule has 1 aromatic carbocycles. The van der Waals surface area contributed by atoms with E-state index in [1.54, 1.807) is 12.3 Å². The highest BCUT2D eigenvalue weighted by atomic mass is 15.0. The van der Waals surface area contributed by atoms with Gasteiger partial charge >= 0.3 is 0 Å². The second-order valence-electron chi connectivity index (χ2n) is 4.41. The molecule has 0 spiro atoms. The van der Waals surface area contributed by atoms with Crippen LogP contribution >= 0.6 is 0 Å². The number of rotatable bonds is 3. The van der Waals surface area contributed by atoms with Crippen molar-refractivity contribution in [3.63, 3.8) is 0 Å². The van der Waals surface area contributed by atoms with Gasteiger partial charge in [0.25, 0.3) is 0 Å². The Morgan fingerprint density at radius 1 is 1.12 bits per heavy atom. The summed E-state index contributed by atoms with van der Waals surface area (Å²) in [6.07, 6.45) is 1.73. The molecule has 0 bridgehead atoms. The Bertz CT molecular complexity index is 489. The molecule has 0 unspecified atom stereocenters. The molecule has 0 radical (unpaired) electrons. The molecule has 0 aliphatic carbocycles. The van der Waals surface area contributed by atoms with Gasteiger partial charge in [-0.15, -0.1) is 0 Å². The molecule has 17 heavy (non-hydrogen) atoms. The molecule has 0 fully saturated rings. The fourth-order valence-corrected chi connectivity index (χ4v) is 1.75. The second-order valence-corrected chi connectivity index (χ2v) is 4.41. The number of anilines is 1. The van der Waals surface area contributed by atoms with E-state index in [0.29, 0.717) is 0 Å². The number of pyridine rings is 1. The van der Waals surface area contributed by atoms with Crippen molar-refractivity contribution < 1.29 is 0 Å². The van der Waals surface area contributed by atoms with Gasteiger partial charge in [0.2, 0.25) is 0 Å². The molecule has 2 aromatic rings. The zero-order valence-corrected chi connectivity index (χ0v) is 10.2. The first-order chi connectivity index (χ1) is 8.15. The largest absolute Gasteiger partial charge is 0.399 e. The molecule has 0 aliphatic rings. The van der Waals surface area contributed by atoms with Crippen molar-refractivity contribution in [3.05, 3.63) is 48.2 Å². The van der Waals surface area contributed by atoms with Gasteiger partial charge in [0.15, 0.2) is 0 Å². The van der Waals surface area contributed by atoms with Crippen molar-refractivity contribution in [2.24, 2.45) is 0 Å². The van der Waals surface area contributed by atoms with E-state index in [-0.39, 0.29) is 0 Å². The second kappa shape index (κ2) is 4.97. The van der Waals surface area contributed by atoms with Crippen molar-refractivity contribution in [2.45, 2.75) is 6.54 Å². The lowest BCUT2D eigenvalue weighted by Gasteiger charge is -2.10. The van der Waals surface area contributed by atoms with Crippen LogP contribution in [0.15, 0.2) is 42.6 Å². The van der Waals surface area contributed by atoms with E-state index in [4.69, 9.17) is 5.73 Å². The number of benzene rings is 1. The summed E-state index contributed by atoms with van der Waals surface area (Å²) >= 11 is 0. The molecule has 0 saturated carbocycles. The standard InChI is InChI=1S/C14H17N3/c1-17(2)10-11-3-5-12(6-4-11)14-9-13(15)7-8-16-14/h3-9H,10H2,1-2H3,(H2,15,16). The molecular weight excluding hydrogens is 210 g/mol. The fraction of sp³-hybridized carbons (Fsp3) is 0.214. The average molecular weight is 227 g/mol. The van der Waals surface area contributed by atoms with Crippen LogP contribution in [0.3, 0.4) is 0 Å². The smallest absolute Gasteiger partial charge is 0.0722 e. The summed E-state index contributed by atoms with van der Waals surface area (Å²) in [6.45, 7) is 0.949. The molecule has 1 aromatic heterocycles. The summed E-state index contributed by atoms with van der Waals surface area (Å²) in [7, 11) is 4.13. The number of hydrogen-bond acceptors (Lipinski definition) is 3. The van der Waals surface area contributed by atoms with Gasteiger partial charge in [-0.1, -0.05) is 24.3 Å². The summed E-state index contributed by atoms with van der Waals surface area (Å²) in [6, 6.07) is 12.1. The lowest BCUT2D eigenvalue weighted by Crippen LogP contribution is -2.10. The maximum Gasteiger partial charge on any atom is 0.0722 e. The third-order valence-corrected chi connectivity index (χ3v) is 2.53. The molecule has 3 heteroatoms. The van der Waals surface area contributed by atoms with Crippen LogP contribution in [0.1, 0.15) is 5.56 Å². The van der Waals surface area contributed by atoms with Crippen molar-refractivity contribution in [1.29, 1.82) is 0 Å². The van der Waals surface area contributed by atoms with Crippen LogP contribution in [0.5, 0.6) is 0 Å². The summed E-state index contributed by atoms with van der Waals surface area (Å²) in [4.78, 5) is 6.46. The number of aromatic nitrogens is 1. The Morgan fingerprint density at radius 3 is 2.41 bits per heavy atom. The van der Waals surface area contributed by atoms with Gasteiger partial charge in [-0.05, 0) is 31.8 Å². The summed E-state index contributed by atoms with van der Waals surface area (Å²) in [5.41, 5.74) is 9.80. The minimum atomic E-state index is 0.743. The van der Waals surface area contributed by atoms with Crippen LogP contribution in [0, 0.1) is 0 Å². The predicted octanol–water partition coefficient (Wildman–Crippen LogP) is 2.39. The SMILES string of the molecule is CN(C)Cc1ccc(-c2cc(N)ccn2)cc1. The zero-order valence-electron chi connectivity index (χ0n) is 10.2. The van der Waals surface area contributed by atoms with E-state index < -0.39 is 0 Å². The van der Waals surface area contributed by atoms with Crippen LogP contribution < -0.4 is 5.73 Å². The number of hydrogen-bond donors (Lipinski definition) is 1. The number of nitrogens with zero attached hydrogens (tertiary/aromatic N) is 2. The monoisotopic (exact) mass is 227 g/mol. The highest BCUT2D eigenvalue weighted by Crippen LogP contribution is 2.19. The number of nitrogen functional groups attached to an aromatic ring is 1. The zero-order chi connectivity index (χ0) is 12.3. The summed E-state index contributed by atoms with van der Waals surface area (Å²) in [5, 5.41) is 0. The van der Waals surface area contributed by atoms with Gasteiger partial charge in [0.05, 0.1) is 5.69 Å². The molecule has 0 aliphatic heterocycles. The van der Waals surface area contributed by atoms with Gasteiger partial charge in [-0.2, -0.15) is 0 Å². The first kappa shape index (κ1) is 11.6. The van der Waals surface area contributed by atoms with Crippen LogP contribution in [0.2, 0.25) is 0 Å². The third-order valence-electron chi connectivity index (χ3n) is 2.53. The van der Waals surface area contributed by atoms with Gasteiger partial charge in [-0.25, -0.2) is 0 Å². The topological polar surface area (TPSA) is 42.1 Å². The van der Waals surface area contributed by atoms with E-state index in [2.05, 4.69) is 48.2 Å². The van der Waals surface area contributed by atoms with Gasteiger partial charge in [0, 0.05) is 24.0 Å². The lowest BCUT2D eigenvalue weighted by atomic mass is 10.1. The molecule has 0 saturated heterocycles. The molecule has 0 amide bonds. The summed E-state index contributed by atoms with van der Waals surface area (Å²) in [5.74, 6) is 0. The Balaban J connectivity index is 2.23. The quantitative estimate of drug-likeness (QED) is 0.875.